The molecule has 3 amide bonds. The van der Waals surface area contributed by atoms with Crippen molar-refractivity contribution >= 4 is 40.6 Å². The first kappa shape index (κ1) is 19.5. The monoisotopic (exact) mass is 387 g/mol. The number of hydrogen-bond donors (Lipinski definition) is 1. The number of carbonyl (C=O) groups is 3. The molecule has 2 aliphatic rings. The Balaban J connectivity index is 1.72. The van der Waals surface area contributed by atoms with Crippen LogP contribution in [0.3, 0.4) is 0 Å². The maximum Gasteiger partial charge on any atom is 0.294 e. The van der Waals surface area contributed by atoms with Crippen molar-refractivity contribution in [3.8, 4) is 0 Å². The van der Waals surface area contributed by atoms with E-state index in [1.807, 2.05) is 19.9 Å². The van der Waals surface area contributed by atoms with Crippen molar-refractivity contribution in [2.75, 3.05) is 31.1 Å². The van der Waals surface area contributed by atoms with Crippen molar-refractivity contribution in [2.45, 2.75) is 33.1 Å². The first-order valence-corrected chi connectivity index (χ1v) is 10.2. The minimum absolute atomic E-state index is 0.227. The summed E-state index contributed by atoms with van der Waals surface area (Å²) < 4.78 is 0. The molecule has 0 atom stereocenters. The van der Waals surface area contributed by atoms with Gasteiger partial charge in [-0.25, -0.2) is 0 Å². The van der Waals surface area contributed by atoms with Crippen LogP contribution >= 0.6 is 11.8 Å². The number of thioether (sulfide) groups is 1. The average Bonchev–Trinajstić information content (AvgIpc) is 3.26. The first-order valence-electron chi connectivity index (χ1n) is 9.37. The summed E-state index contributed by atoms with van der Waals surface area (Å²) in [4.78, 5) is 40.3. The Hall–Kier alpha value is -2.28. The highest BCUT2D eigenvalue weighted by molar-refractivity contribution is 8.18. The molecule has 2 aliphatic heterocycles. The van der Waals surface area contributed by atoms with E-state index in [1.54, 1.807) is 6.08 Å². The molecule has 7 heteroatoms. The lowest BCUT2D eigenvalue weighted by atomic mass is 10.1. The summed E-state index contributed by atoms with van der Waals surface area (Å²) >= 11 is 0.889. The van der Waals surface area contributed by atoms with Gasteiger partial charge in [-0.15, -0.1) is 0 Å². The maximum atomic E-state index is 12.5. The molecular weight excluding hydrogens is 362 g/mol. The van der Waals surface area contributed by atoms with Gasteiger partial charge in [0, 0.05) is 25.3 Å². The van der Waals surface area contributed by atoms with Crippen LogP contribution in [0.2, 0.25) is 0 Å². The number of amides is 3. The van der Waals surface area contributed by atoms with Crippen LogP contribution in [0.5, 0.6) is 0 Å². The Kier molecular flexibility index (Phi) is 6.21. The summed E-state index contributed by atoms with van der Waals surface area (Å²) in [5.74, 6) is -0.716. The Morgan fingerprint density at radius 1 is 1.26 bits per heavy atom. The van der Waals surface area contributed by atoms with E-state index in [0.29, 0.717) is 11.4 Å². The van der Waals surface area contributed by atoms with E-state index < -0.39 is 11.1 Å². The van der Waals surface area contributed by atoms with Crippen LogP contribution in [0.1, 0.15) is 37.3 Å². The first-order chi connectivity index (χ1) is 13.0. The van der Waals surface area contributed by atoms with Crippen LogP contribution < -0.4 is 10.2 Å². The van der Waals surface area contributed by atoms with E-state index in [0.717, 1.165) is 47.3 Å². The smallest absolute Gasteiger partial charge is 0.294 e. The van der Waals surface area contributed by atoms with E-state index in [1.165, 1.54) is 18.5 Å². The molecule has 0 spiro atoms. The quantitative estimate of drug-likeness (QED) is 0.760. The summed E-state index contributed by atoms with van der Waals surface area (Å²) in [7, 11) is 0. The zero-order valence-corrected chi connectivity index (χ0v) is 16.6. The van der Waals surface area contributed by atoms with Gasteiger partial charge in [-0.2, -0.15) is 0 Å². The molecule has 144 valence electrons. The number of hydrogen-bond acceptors (Lipinski definition) is 5. The Bertz CT molecular complexity index is 785. The highest BCUT2D eigenvalue weighted by Crippen LogP contribution is 2.33. The van der Waals surface area contributed by atoms with Crippen molar-refractivity contribution in [3.05, 3.63) is 34.2 Å². The molecule has 2 saturated heterocycles. The van der Waals surface area contributed by atoms with Gasteiger partial charge in [-0.3, -0.25) is 19.3 Å². The molecule has 3 rings (SSSR count). The van der Waals surface area contributed by atoms with Gasteiger partial charge in [0.15, 0.2) is 0 Å². The third kappa shape index (κ3) is 4.53. The van der Waals surface area contributed by atoms with E-state index in [-0.39, 0.29) is 12.5 Å². The predicted molar refractivity (Wildman–Crippen MR) is 109 cm³/mol. The molecule has 1 N–H and O–H groups in total. The van der Waals surface area contributed by atoms with Crippen molar-refractivity contribution in [3.63, 3.8) is 0 Å². The summed E-state index contributed by atoms with van der Waals surface area (Å²) in [5.41, 5.74) is 3.17. The Morgan fingerprint density at radius 2 is 2.00 bits per heavy atom. The third-order valence-electron chi connectivity index (χ3n) is 4.76. The molecule has 0 unspecified atom stereocenters. The second-order valence-corrected chi connectivity index (χ2v) is 7.85. The van der Waals surface area contributed by atoms with Crippen LogP contribution in [0.15, 0.2) is 23.1 Å². The van der Waals surface area contributed by atoms with E-state index >= 15 is 0 Å². The van der Waals surface area contributed by atoms with Gasteiger partial charge in [0.1, 0.15) is 6.54 Å². The molecule has 1 aromatic rings. The molecule has 0 bridgehead atoms. The largest absolute Gasteiger partial charge is 0.372 e. The molecule has 0 saturated carbocycles. The topological polar surface area (TPSA) is 69.7 Å². The molecule has 27 heavy (non-hydrogen) atoms. The van der Waals surface area contributed by atoms with Crippen LogP contribution in [0.4, 0.5) is 10.5 Å². The lowest BCUT2D eigenvalue weighted by Gasteiger charge is -2.18. The number of benzene rings is 1. The minimum atomic E-state index is -0.403. The number of anilines is 1. The lowest BCUT2D eigenvalue weighted by molar-refractivity contribution is -0.129. The fraction of sp³-hybridized carbons (Fsp3) is 0.450. The molecule has 6 nitrogen and oxygen atoms in total. The number of aryl methyl sites for hydroxylation is 1. The number of rotatable bonds is 6. The summed E-state index contributed by atoms with van der Waals surface area (Å²) in [6.45, 7) is 6.42. The van der Waals surface area contributed by atoms with E-state index in [4.69, 9.17) is 0 Å². The van der Waals surface area contributed by atoms with Crippen LogP contribution in [0.25, 0.3) is 6.08 Å². The number of nitrogens with one attached hydrogen (secondary N) is 1. The Labute approximate surface area is 164 Å². The molecule has 1 aromatic carbocycles. The van der Waals surface area contributed by atoms with Crippen molar-refractivity contribution in [1.29, 1.82) is 0 Å². The van der Waals surface area contributed by atoms with Crippen molar-refractivity contribution in [2.24, 2.45) is 0 Å². The van der Waals surface area contributed by atoms with Gasteiger partial charge in [0.25, 0.3) is 11.1 Å². The van der Waals surface area contributed by atoms with Crippen LogP contribution in [-0.4, -0.2) is 48.1 Å². The van der Waals surface area contributed by atoms with Crippen molar-refractivity contribution in [1.82, 2.24) is 10.2 Å². The van der Waals surface area contributed by atoms with Crippen LogP contribution in [0, 0.1) is 6.92 Å². The van der Waals surface area contributed by atoms with Gasteiger partial charge in [0.2, 0.25) is 5.91 Å². The molecular formula is C20H25N3O3S. The molecule has 0 aromatic heterocycles. The van der Waals surface area contributed by atoms with Crippen molar-refractivity contribution < 1.29 is 14.4 Å². The normalized spacial score (nSPS) is 18.7. The van der Waals surface area contributed by atoms with Gasteiger partial charge in [0.05, 0.1) is 4.91 Å². The zero-order valence-electron chi connectivity index (χ0n) is 15.8. The van der Waals surface area contributed by atoms with Crippen LogP contribution in [-0.2, 0) is 9.59 Å². The van der Waals surface area contributed by atoms with Gasteiger partial charge < -0.3 is 10.2 Å². The summed E-state index contributed by atoms with van der Waals surface area (Å²) in [5, 5.41) is 2.29. The number of nitrogens with zero attached hydrogens (tertiary/aromatic N) is 2. The minimum Gasteiger partial charge on any atom is -0.372 e. The lowest BCUT2D eigenvalue weighted by Crippen LogP contribution is -2.39. The van der Waals surface area contributed by atoms with E-state index in [2.05, 4.69) is 22.3 Å². The average molecular weight is 388 g/mol. The van der Waals surface area contributed by atoms with Gasteiger partial charge in [-0.1, -0.05) is 13.0 Å². The number of imide groups is 1. The fourth-order valence-electron chi connectivity index (χ4n) is 3.24. The zero-order chi connectivity index (χ0) is 19.4. The molecule has 0 radical (unpaired) electrons. The highest BCUT2D eigenvalue weighted by Gasteiger charge is 2.36. The van der Waals surface area contributed by atoms with Gasteiger partial charge in [-0.05, 0) is 67.3 Å². The SMILES string of the molecule is CCCNC(=O)CN1C(=O)S/C(=C\c2ccc(N3CCCC3)cc2C)C1=O. The number of carbonyl (C=O) groups excluding carboxylic acids is 3. The second kappa shape index (κ2) is 8.61. The standard InChI is InChI=1S/C20H25N3O3S/c1-3-8-21-18(24)13-23-19(25)17(27-20(23)26)12-15-6-7-16(11-14(15)2)22-9-4-5-10-22/h6-7,11-12H,3-5,8-10,13H2,1-2H3,(H,21,24)/b17-12-. The summed E-state index contributed by atoms with van der Waals surface area (Å²) in [6, 6.07) is 6.18. The van der Waals surface area contributed by atoms with Gasteiger partial charge >= 0.3 is 0 Å². The molecule has 0 aliphatic carbocycles. The fourth-order valence-corrected chi connectivity index (χ4v) is 4.06. The molecule has 2 fully saturated rings. The highest BCUT2D eigenvalue weighted by atomic mass is 32.2. The third-order valence-corrected chi connectivity index (χ3v) is 5.67. The summed E-state index contributed by atoms with van der Waals surface area (Å²) in [6.07, 6.45) is 5.00. The Morgan fingerprint density at radius 3 is 2.67 bits per heavy atom. The maximum absolute atomic E-state index is 12.5. The molecule has 2 heterocycles. The second-order valence-electron chi connectivity index (χ2n) is 6.85. The predicted octanol–water partition coefficient (Wildman–Crippen LogP) is 3.16. The van der Waals surface area contributed by atoms with E-state index in [9.17, 15) is 14.4 Å².